The van der Waals surface area contributed by atoms with E-state index in [1.807, 2.05) is 0 Å². The Morgan fingerprint density at radius 3 is 2.83 bits per heavy atom. The maximum Gasteiger partial charge on any atom is 0.272 e. The number of nitrogens with zero attached hydrogens (tertiary/aromatic N) is 2. The van der Waals surface area contributed by atoms with Gasteiger partial charge in [-0.3, -0.25) is 9.48 Å². The van der Waals surface area contributed by atoms with E-state index >= 15 is 0 Å². The molecule has 5 nitrogen and oxygen atoms in total. The number of allylic oxidation sites excluding steroid dienone is 4. The zero-order chi connectivity index (χ0) is 17.1. The summed E-state index contributed by atoms with van der Waals surface area (Å²) in [5.41, 5.74) is 1.91. The molecular weight excluding hydrogens is 319 g/mol. The summed E-state index contributed by atoms with van der Waals surface area (Å²) in [4.78, 5) is 15.2. The topological polar surface area (TPSA) is 62.7 Å². The molecule has 2 heterocycles. The van der Waals surface area contributed by atoms with E-state index in [0.29, 0.717) is 27.8 Å². The molecule has 0 aliphatic carbocycles. The number of halogens is 2. The second-order valence-electron chi connectivity index (χ2n) is 4.90. The van der Waals surface area contributed by atoms with Gasteiger partial charge in [0.15, 0.2) is 0 Å². The average molecular weight is 335 g/mol. The van der Waals surface area contributed by atoms with Crippen LogP contribution in [0.3, 0.4) is 0 Å². The molecule has 120 valence electrons. The molecule has 0 saturated heterocycles. The van der Waals surface area contributed by atoms with E-state index in [4.69, 9.17) is 11.6 Å². The predicted molar refractivity (Wildman–Crippen MR) is 90.1 cm³/mol. The van der Waals surface area contributed by atoms with Gasteiger partial charge < -0.3 is 10.3 Å². The van der Waals surface area contributed by atoms with Gasteiger partial charge in [0.1, 0.15) is 16.7 Å². The fourth-order valence-electron chi connectivity index (χ4n) is 1.98. The summed E-state index contributed by atoms with van der Waals surface area (Å²) in [5.74, 6) is -0.923. The molecule has 2 aromatic heterocycles. The lowest BCUT2D eigenvalue weighted by molar-refractivity contribution is 0.102. The van der Waals surface area contributed by atoms with Crippen molar-refractivity contribution < 1.29 is 9.18 Å². The van der Waals surface area contributed by atoms with Crippen LogP contribution in [0.1, 0.15) is 21.7 Å². The third-order valence-corrected chi connectivity index (χ3v) is 3.68. The zero-order valence-electron chi connectivity index (χ0n) is 12.8. The minimum absolute atomic E-state index is 0.145. The third kappa shape index (κ3) is 3.43. The first-order valence-electron chi connectivity index (χ1n) is 6.71. The van der Waals surface area contributed by atoms with Crippen LogP contribution in [0.15, 0.2) is 43.4 Å². The van der Waals surface area contributed by atoms with Crippen LogP contribution in [-0.2, 0) is 7.05 Å². The molecule has 0 aromatic carbocycles. The van der Waals surface area contributed by atoms with Crippen molar-refractivity contribution in [2.45, 2.75) is 6.92 Å². The minimum atomic E-state index is -0.525. The number of rotatable bonds is 5. The van der Waals surface area contributed by atoms with Crippen LogP contribution in [0.5, 0.6) is 0 Å². The number of aromatic amines is 1. The average Bonchev–Trinajstić information content (AvgIpc) is 3.04. The number of H-pyrrole nitrogens is 1. The van der Waals surface area contributed by atoms with Crippen LogP contribution >= 0.6 is 11.6 Å². The smallest absolute Gasteiger partial charge is 0.272 e. The van der Waals surface area contributed by atoms with Crippen molar-refractivity contribution >= 4 is 28.8 Å². The number of hydrogen-bond acceptors (Lipinski definition) is 2. The summed E-state index contributed by atoms with van der Waals surface area (Å²) in [6, 6.07) is 1.65. The van der Waals surface area contributed by atoms with Gasteiger partial charge in [-0.15, -0.1) is 0 Å². The Kier molecular flexibility index (Phi) is 4.86. The van der Waals surface area contributed by atoms with Gasteiger partial charge >= 0.3 is 0 Å². The minimum Gasteiger partial charge on any atom is -0.350 e. The zero-order valence-corrected chi connectivity index (χ0v) is 13.5. The summed E-state index contributed by atoms with van der Waals surface area (Å²) in [6.45, 7) is 8.84. The number of carbonyl (C=O) groups is 1. The first kappa shape index (κ1) is 16.8. The van der Waals surface area contributed by atoms with Gasteiger partial charge in [0, 0.05) is 18.3 Å². The molecule has 2 aromatic rings. The van der Waals surface area contributed by atoms with Gasteiger partial charge in [-0.25, -0.2) is 4.39 Å². The van der Waals surface area contributed by atoms with Crippen LogP contribution in [0.2, 0.25) is 5.15 Å². The Bertz CT molecular complexity index is 816. The largest absolute Gasteiger partial charge is 0.350 e. The molecule has 7 heteroatoms. The quantitative estimate of drug-likeness (QED) is 0.811. The number of aryl methyl sites for hydroxylation is 2. The summed E-state index contributed by atoms with van der Waals surface area (Å²) in [6.07, 6.45) is 3.98. The highest BCUT2D eigenvalue weighted by Gasteiger charge is 2.17. The molecule has 0 unspecified atom stereocenters. The van der Waals surface area contributed by atoms with E-state index in [9.17, 15) is 9.18 Å². The molecule has 23 heavy (non-hydrogen) atoms. The Morgan fingerprint density at radius 1 is 1.57 bits per heavy atom. The van der Waals surface area contributed by atoms with Crippen molar-refractivity contribution in [2.75, 3.05) is 5.32 Å². The maximum atomic E-state index is 13.8. The molecule has 0 atom stereocenters. The van der Waals surface area contributed by atoms with Crippen molar-refractivity contribution in [3.63, 3.8) is 0 Å². The van der Waals surface area contributed by atoms with Gasteiger partial charge in [0.05, 0.1) is 11.9 Å². The van der Waals surface area contributed by atoms with E-state index in [-0.39, 0.29) is 5.57 Å². The standard InChI is InChI=1S/C16H16ClFN4O/c1-5-6-11(18)10(3)12-7-9(2)14(20-12)16(23)21-13-8-19-22(4)15(13)17/h5-8,20H,1,3H2,2,4H3,(H,21,23)/b11-6+. The fraction of sp³-hybridized carbons (Fsp3) is 0.125. The highest BCUT2D eigenvalue weighted by atomic mass is 35.5. The van der Waals surface area contributed by atoms with Gasteiger partial charge in [-0.05, 0) is 24.6 Å². The summed E-state index contributed by atoms with van der Waals surface area (Å²) >= 11 is 6.01. The van der Waals surface area contributed by atoms with Crippen molar-refractivity contribution in [3.8, 4) is 0 Å². The van der Waals surface area contributed by atoms with Crippen molar-refractivity contribution in [3.05, 3.63) is 65.5 Å². The summed E-state index contributed by atoms with van der Waals surface area (Å²) in [5, 5.41) is 6.91. The molecular formula is C16H16ClFN4O. The molecule has 2 N–H and O–H groups in total. The molecule has 0 fully saturated rings. The van der Waals surface area contributed by atoms with Gasteiger partial charge in [-0.2, -0.15) is 5.10 Å². The molecule has 0 aliphatic heterocycles. The SMILES string of the molecule is C=C/C=C(/F)C(=C)c1cc(C)c(C(=O)Nc2cnn(C)c2Cl)[nH]1. The number of amides is 1. The third-order valence-electron chi connectivity index (χ3n) is 3.23. The van der Waals surface area contributed by atoms with E-state index in [2.05, 4.69) is 28.6 Å². The second-order valence-corrected chi connectivity index (χ2v) is 5.25. The van der Waals surface area contributed by atoms with Crippen LogP contribution in [0, 0.1) is 6.92 Å². The van der Waals surface area contributed by atoms with Gasteiger partial charge in [0.2, 0.25) is 0 Å². The predicted octanol–water partition coefficient (Wildman–Crippen LogP) is 4.01. The monoisotopic (exact) mass is 334 g/mol. The molecule has 0 bridgehead atoms. The second kappa shape index (κ2) is 6.66. The molecule has 0 spiro atoms. The van der Waals surface area contributed by atoms with Crippen molar-refractivity contribution in [1.82, 2.24) is 14.8 Å². The van der Waals surface area contributed by atoms with E-state index in [0.717, 1.165) is 0 Å². The van der Waals surface area contributed by atoms with Crippen molar-refractivity contribution in [1.29, 1.82) is 0 Å². The van der Waals surface area contributed by atoms with Crippen LogP contribution in [0.25, 0.3) is 5.57 Å². The van der Waals surface area contributed by atoms with Gasteiger partial charge in [0.25, 0.3) is 5.91 Å². The Morgan fingerprint density at radius 2 is 2.26 bits per heavy atom. The highest BCUT2D eigenvalue weighted by Crippen LogP contribution is 2.25. The molecule has 0 radical (unpaired) electrons. The number of aromatic nitrogens is 3. The summed E-state index contributed by atoms with van der Waals surface area (Å²) < 4.78 is 15.2. The number of hydrogen-bond donors (Lipinski definition) is 2. The normalized spacial score (nSPS) is 11.4. The highest BCUT2D eigenvalue weighted by molar-refractivity contribution is 6.32. The van der Waals surface area contributed by atoms with Crippen LogP contribution < -0.4 is 5.32 Å². The van der Waals surface area contributed by atoms with Gasteiger partial charge in [-0.1, -0.05) is 30.8 Å². The lowest BCUT2D eigenvalue weighted by Gasteiger charge is -2.03. The lowest BCUT2D eigenvalue weighted by Crippen LogP contribution is -2.13. The summed E-state index contributed by atoms with van der Waals surface area (Å²) in [7, 11) is 1.66. The molecule has 0 aliphatic rings. The Balaban J connectivity index is 2.25. The maximum absolute atomic E-state index is 13.8. The molecule has 2 rings (SSSR count). The molecule has 0 saturated carbocycles. The number of carbonyl (C=O) groups excluding carboxylic acids is 1. The van der Waals surface area contributed by atoms with Crippen LogP contribution in [0.4, 0.5) is 10.1 Å². The Hall–Kier alpha value is -2.60. The van der Waals surface area contributed by atoms with Crippen molar-refractivity contribution in [2.24, 2.45) is 7.05 Å². The first-order chi connectivity index (χ1) is 10.8. The van der Waals surface area contributed by atoms with E-state index < -0.39 is 11.7 Å². The number of nitrogens with one attached hydrogen (secondary N) is 2. The lowest BCUT2D eigenvalue weighted by atomic mass is 10.1. The van der Waals surface area contributed by atoms with E-state index in [1.54, 1.807) is 20.0 Å². The molecule has 1 amide bonds. The fourth-order valence-corrected chi connectivity index (χ4v) is 2.12. The van der Waals surface area contributed by atoms with Crippen LogP contribution in [-0.4, -0.2) is 20.7 Å². The van der Waals surface area contributed by atoms with E-state index in [1.165, 1.54) is 23.0 Å². The number of anilines is 1. The first-order valence-corrected chi connectivity index (χ1v) is 7.09. The Labute approximate surface area is 138 Å².